The Labute approximate surface area is 186 Å². The highest BCUT2D eigenvalue weighted by atomic mass is 32.2. The molecule has 2 aromatic heterocycles. The van der Waals surface area contributed by atoms with Gasteiger partial charge in [-0.25, -0.2) is 13.4 Å². The first-order valence-electron chi connectivity index (χ1n) is 9.29. The predicted molar refractivity (Wildman–Crippen MR) is 116 cm³/mol. The number of sulfonamides is 1. The monoisotopic (exact) mass is 484 g/mol. The molecule has 0 fully saturated rings. The number of amides is 1. The van der Waals surface area contributed by atoms with Gasteiger partial charge in [0.25, 0.3) is 15.9 Å². The summed E-state index contributed by atoms with van der Waals surface area (Å²) in [5.41, 5.74) is 0.401. The first-order valence-corrected chi connectivity index (χ1v) is 11.7. The van der Waals surface area contributed by atoms with Crippen molar-refractivity contribution in [2.24, 2.45) is 0 Å². The summed E-state index contributed by atoms with van der Waals surface area (Å²) < 4.78 is 66.8. The number of nitrogens with one attached hydrogen (secondary N) is 3. The molecular weight excluding hydrogens is 465 g/mol. The summed E-state index contributed by atoms with van der Waals surface area (Å²) in [6.45, 7) is 1.78. The normalized spacial score (nSPS) is 11.8. The zero-order chi connectivity index (χ0) is 23.4. The number of alkyl halides is 3. The van der Waals surface area contributed by atoms with Gasteiger partial charge in [-0.15, -0.1) is 11.3 Å². The number of pyridine rings is 1. The smallest absolute Gasteiger partial charge is 0.368 e. The van der Waals surface area contributed by atoms with Gasteiger partial charge >= 0.3 is 6.18 Å². The lowest BCUT2D eigenvalue weighted by Gasteiger charge is -2.13. The molecule has 0 saturated carbocycles. The minimum Gasteiger partial charge on any atom is -0.368 e. The van der Waals surface area contributed by atoms with Crippen molar-refractivity contribution in [1.29, 1.82) is 0 Å². The fourth-order valence-electron chi connectivity index (χ4n) is 2.72. The van der Waals surface area contributed by atoms with Crippen molar-refractivity contribution in [3.63, 3.8) is 0 Å². The molecule has 32 heavy (non-hydrogen) atoms. The van der Waals surface area contributed by atoms with Crippen molar-refractivity contribution in [3.05, 3.63) is 70.0 Å². The topological polar surface area (TPSA) is 100 Å². The van der Waals surface area contributed by atoms with Crippen LogP contribution in [-0.2, 0) is 16.2 Å². The second-order valence-corrected chi connectivity index (χ2v) is 9.23. The summed E-state index contributed by atoms with van der Waals surface area (Å²) in [7, 11) is -4.01. The van der Waals surface area contributed by atoms with Crippen molar-refractivity contribution >= 4 is 38.8 Å². The van der Waals surface area contributed by atoms with Crippen LogP contribution in [0.2, 0.25) is 0 Å². The Balaban J connectivity index is 1.62. The zero-order valence-corrected chi connectivity index (χ0v) is 18.4. The van der Waals surface area contributed by atoms with E-state index in [-0.39, 0.29) is 28.7 Å². The van der Waals surface area contributed by atoms with Gasteiger partial charge in [0.15, 0.2) is 0 Å². The third-order valence-electron chi connectivity index (χ3n) is 4.24. The van der Waals surface area contributed by atoms with E-state index >= 15 is 0 Å². The van der Waals surface area contributed by atoms with Crippen LogP contribution in [0.25, 0.3) is 0 Å². The van der Waals surface area contributed by atoms with Gasteiger partial charge in [-0.3, -0.25) is 9.52 Å². The average Bonchev–Trinajstić information content (AvgIpc) is 3.23. The lowest BCUT2D eigenvalue weighted by molar-refractivity contribution is -0.137. The number of benzene rings is 1. The molecule has 0 spiro atoms. The Kier molecular flexibility index (Phi) is 7.04. The molecule has 0 bridgehead atoms. The Bertz CT molecular complexity index is 1190. The number of hydrogen-bond acceptors (Lipinski definition) is 6. The van der Waals surface area contributed by atoms with Crippen LogP contribution < -0.4 is 15.4 Å². The number of anilines is 2. The van der Waals surface area contributed by atoms with Gasteiger partial charge in [0.05, 0.1) is 5.56 Å². The van der Waals surface area contributed by atoms with Crippen molar-refractivity contribution < 1.29 is 26.4 Å². The quantitative estimate of drug-likeness (QED) is 0.418. The third-order valence-corrected chi connectivity index (χ3v) is 6.71. The van der Waals surface area contributed by atoms with Crippen LogP contribution in [-0.4, -0.2) is 32.4 Å². The highest BCUT2D eigenvalue weighted by Gasteiger charge is 2.34. The van der Waals surface area contributed by atoms with E-state index in [1.807, 2.05) is 6.92 Å². The highest BCUT2D eigenvalue weighted by molar-refractivity contribution is 7.93. The molecule has 3 N–H and O–H groups in total. The number of thiophene rings is 1. The lowest BCUT2D eigenvalue weighted by atomic mass is 10.2. The van der Waals surface area contributed by atoms with Crippen molar-refractivity contribution in [3.8, 4) is 0 Å². The number of rotatable bonds is 8. The molecule has 0 aliphatic carbocycles. The van der Waals surface area contributed by atoms with Crippen LogP contribution in [0.15, 0.2) is 58.9 Å². The number of halogens is 3. The van der Waals surface area contributed by atoms with Crippen molar-refractivity contribution in [2.75, 3.05) is 23.1 Å². The Hall–Kier alpha value is -3.12. The molecule has 2 heterocycles. The van der Waals surface area contributed by atoms with Gasteiger partial charge in [-0.2, -0.15) is 13.2 Å². The first-order chi connectivity index (χ1) is 15.1. The van der Waals surface area contributed by atoms with Crippen molar-refractivity contribution in [1.82, 2.24) is 10.3 Å². The Morgan fingerprint density at radius 2 is 1.81 bits per heavy atom. The standard InChI is InChI=1S/C20H19F3N4O3S2/c1-13-4-6-14(7-5-13)27-32(29,30)16-8-12-31-17(16)19(28)26-11-10-25-18-15(20(21,22)23)3-2-9-24-18/h2-9,12,27H,10-11H2,1H3,(H,24,25)(H,26,28). The van der Waals surface area contributed by atoms with E-state index in [1.54, 1.807) is 24.3 Å². The maximum Gasteiger partial charge on any atom is 0.419 e. The summed E-state index contributed by atoms with van der Waals surface area (Å²) in [6.07, 6.45) is -3.34. The first kappa shape index (κ1) is 23.5. The second-order valence-electron chi connectivity index (χ2n) is 6.67. The molecule has 0 radical (unpaired) electrons. The molecule has 3 aromatic rings. The SMILES string of the molecule is Cc1ccc(NS(=O)(=O)c2ccsc2C(=O)NCCNc2ncccc2C(F)(F)F)cc1. The van der Waals surface area contributed by atoms with Crippen molar-refractivity contribution in [2.45, 2.75) is 18.0 Å². The van der Waals surface area contributed by atoms with E-state index in [1.165, 1.54) is 23.7 Å². The molecule has 0 unspecified atom stereocenters. The summed E-state index contributed by atoms with van der Waals surface area (Å²) >= 11 is 0.945. The lowest BCUT2D eigenvalue weighted by Crippen LogP contribution is -2.30. The van der Waals surface area contributed by atoms with Gasteiger partial charge in [0.1, 0.15) is 15.6 Å². The molecule has 0 atom stereocenters. The van der Waals surface area contributed by atoms with Crippen LogP contribution in [0.3, 0.4) is 0 Å². The van der Waals surface area contributed by atoms with E-state index in [2.05, 4.69) is 20.3 Å². The largest absolute Gasteiger partial charge is 0.419 e. The van der Waals surface area contributed by atoms with Gasteiger partial charge in [-0.1, -0.05) is 17.7 Å². The number of aromatic nitrogens is 1. The average molecular weight is 485 g/mol. The molecule has 3 rings (SSSR count). The molecule has 0 aliphatic heterocycles. The Morgan fingerprint density at radius 3 is 2.50 bits per heavy atom. The van der Waals surface area contributed by atoms with Crippen LogP contribution >= 0.6 is 11.3 Å². The van der Waals surface area contributed by atoms with Crippen LogP contribution in [0.1, 0.15) is 20.8 Å². The number of aryl methyl sites for hydroxylation is 1. The van der Waals surface area contributed by atoms with Crippen LogP contribution in [0, 0.1) is 6.92 Å². The Morgan fingerprint density at radius 1 is 1.09 bits per heavy atom. The number of nitrogens with zero attached hydrogens (tertiary/aromatic N) is 1. The zero-order valence-electron chi connectivity index (χ0n) is 16.7. The molecule has 7 nitrogen and oxygen atoms in total. The molecule has 170 valence electrons. The van der Waals surface area contributed by atoms with E-state index in [0.29, 0.717) is 5.69 Å². The molecule has 0 saturated heterocycles. The summed E-state index contributed by atoms with van der Waals surface area (Å²) in [5, 5.41) is 6.51. The fourth-order valence-corrected chi connectivity index (χ4v) is 5.12. The molecule has 1 aromatic carbocycles. The molecule has 12 heteroatoms. The van der Waals surface area contributed by atoms with Gasteiger partial charge in [0, 0.05) is 25.0 Å². The van der Waals surface area contributed by atoms with Gasteiger partial charge in [-0.05, 0) is 42.6 Å². The maximum absolute atomic E-state index is 13.0. The maximum atomic E-state index is 13.0. The minimum atomic E-state index is -4.56. The van der Waals surface area contributed by atoms with Crippen LogP contribution in [0.5, 0.6) is 0 Å². The van der Waals surface area contributed by atoms with E-state index in [4.69, 9.17) is 0 Å². The molecule has 1 amide bonds. The second kappa shape index (κ2) is 9.57. The minimum absolute atomic E-state index is 0.0292. The number of carbonyl (C=O) groups is 1. The third kappa shape index (κ3) is 5.77. The van der Waals surface area contributed by atoms with E-state index < -0.39 is 27.7 Å². The summed E-state index contributed by atoms with van der Waals surface area (Å²) in [5.74, 6) is -1.00. The highest BCUT2D eigenvalue weighted by Crippen LogP contribution is 2.33. The fraction of sp³-hybridized carbons (Fsp3) is 0.200. The number of carbonyl (C=O) groups excluding carboxylic acids is 1. The number of hydrogen-bond donors (Lipinski definition) is 3. The molecular formula is C20H19F3N4O3S2. The summed E-state index contributed by atoms with van der Waals surface area (Å²) in [4.78, 5) is 16.0. The van der Waals surface area contributed by atoms with Crippen LogP contribution in [0.4, 0.5) is 24.7 Å². The van der Waals surface area contributed by atoms with Gasteiger partial charge < -0.3 is 10.6 Å². The van der Waals surface area contributed by atoms with E-state index in [0.717, 1.165) is 23.0 Å². The predicted octanol–water partition coefficient (Wildman–Crippen LogP) is 4.11. The van der Waals surface area contributed by atoms with E-state index in [9.17, 15) is 26.4 Å². The summed E-state index contributed by atoms with van der Waals surface area (Å²) in [6, 6.07) is 10.1. The van der Waals surface area contributed by atoms with Gasteiger partial charge in [0.2, 0.25) is 0 Å². The molecule has 0 aliphatic rings.